The Bertz CT molecular complexity index is 989. The number of benzene rings is 2. The Morgan fingerprint density at radius 2 is 1.67 bits per heavy atom. The zero-order valence-electron chi connectivity index (χ0n) is 19.0. The van der Waals surface area contributed by atoms with Crippen molar-refractivity contribution >= 4 is 23.6 Å². The molecule has 0 saturated carbocycles. The lowest BCUT2D eigenvalue weighted by Gasteiger charge is -2.35. The van der Waals surface area contributed by atoms with E-state index in [1.165, 1.54) is 7.11 Å². The van der Waals surface area contributed by atoms with E-state index >= 15 is 0 Å². The summed E-state index contributed by atoms with van der Waals surface area (Å²) >= 11 is 0. The van der Waals surface area contributed by atoms with Gasteiger partial charge in [0.1, 0.15) is 6.04 Å². The smallest absolute Gasteiger partial charge is 0.323 e. The van der Waals surface area contributed by atoms with Crippen LogP contribution >= 0.6 is 0 Å². The third-order valence-electron chi connectivity index (χ3n) is 6.39. The molecule has 0 radical (unpaired) electrons. The number of hydrogen-bond acceptors (Lipinski definition) is 5. The molecule has 3 amide bonds. The van der Waals surface area contributed by atoms with E-state index < -0.39 is 30.0 Å². The SMILES string of the molecule is COC(=O)C1CC(C(=O)N2CCNCC2)N(C(=O)Nc2ccc(C)cc2)C1c1ccccc1. The van der Waals surface area contributed by atoms with Crippen molar-refractivity contribution in [3.63, 3.8) is 0 Å². The monoisotopic (exact) mass is 450 g/mol. The average molecular weight is 451 g/mol. The van der Waals surface area contributed by atoms with Crippen molar-refractivity contribution in [3.05, 3.63) is 65.7 Å². The molecule has 2 N–H and O–H groups in total. The van der Waals surface area contributed by atoms with E-state index in [1.807, 2.05) is 61.5 Å². The molecule has 174 valence electrons. The lowest BCUT2D eigenvalue weighted by atomic mass is 9.93. The van der Waals surface area contributed by atoms with Gasteiger partial charge >= 0.3 is 12.0 Å². The number of nitrogens with zero attached hydrogens (tertiary/aromatic N) is 2. The van der Waals surface area contributed by atoms with Crippen LogP contribution in [0, 0.1) is 12.8 Å². The van der Waals surface area contributed by atoms with Crippen LogP contribution in [0.15, 0.2) is 54.6 Å². The molecule has 8 heteroatoms. The number of anilines is 1. The standard InChI is InChI=1S/C25H30N4O4/c1-17-8-10-19(11-9-17)27-25(32)29-21(23(30)28-14-12-26-13-15-28)16-20(24(31)33-2)22(29)18-6-4-3-5-7-18/h3-11,20-22,26H,12-16H2,1-2H3,(H,27,32). The summed E-state index contributed by atoms with van der Waals surface area (Å²) in [5, 5.41) is 6.17. The molecule has 8 nitrogen and oxygen atoms in total. The van der Waals surface area contributed by atoms with Gasteiger partial charge in [-0.2, -0.15) is 0 Å². The fraction of sp³-hybridized carbons (Fsp3) is 0.400. The molecule has 0 aromatic heterocycles. The summed E-state index contributed by atoms with van der Waals surface area (Å²) < 4.78 is 5.09. The van der Waals surface area contributed by atoms with Crippen LogP contribution in [0.4, 0.5) is 10.5 Å². The highest BCUT2D eigenvalue weighted by molar-refractivity contribution is 5.96. The van der Waals surface area contributed by atoms with Crippen molar-refractivity contribution in [2.45, 2.75) is 25.4 Å². The average Bonchev–Trinajstić information content (AvgIpc) is 3.26. The quantitative estimate of drug-likeness (QED) is 0.699. The Balaban J connectivity index is 1.71. The highest BCUT2D eigenvalue weighted by atomic mass is 16.5. The predicted octanol–water partition coefficient (Wildman–Crippen LogP) is 2.56. The van der Waals surface area contributed by atoms with E-state index in [1.54, 1.807) is 9.80 Å². The molecule has 0 bridgehead atoms. The van der Waals surface area contributed by atoms with E-state index in [2.05, 4.69) is 10.6 Å². The van der Waals surface area contributed by atoms with Gasteiger partial charge in [0.2, 0.25) is 5.91 Å². The van der Waals surface area contributed by atoms with Crippen molar-refractivity contribution in [1.29, 1.82) is 0 Å². The summed E-state index contributed by atoms with van der Waals surface area (Å²) in [6.07, 6.45) is 0.219. The molecule has 0 aliphatic carbocycles. The molecule has 3 atom stereocenters. The summed E-state index contributed by atoms with van der Waals surface area (Å²) in [5.41, 5.74) is 2.50. The van der Waals surface area contributed by atoms with Crippen molar-refractivity contribution in [3.8, 4) is 0 Å². The topological polar surface area (TPSA) is 91.0 Å². The second-order valence-electron chi connectivity index (χ2n) is 8.52. The highest BCUT2D eigenvalue weighted by Crippen LogP contribution is 2.42. The van der Waals surface area contributed by atoms with Crippen molar-refractivity contribution < 1.29 is 19.1 Å². The van der Waals surface area contributed by atoms with Crippen LogP contribution in [-0.4, -0.2) is 67.0 Å². The lowest BCUT2D eigenvalue weighted by molar-refractivity contribution is -0.146. The highest BCUT2D eigenvalue weighted by Gasteiger charge is 2.51. The number of hydrogen-bond donors (Lipinski definition) is 2. The van der Waals surface area contributed by atoms with Gasteiger partial charge in [0.05, 0.1) is 19.1 Å². The molecule has 33 heavy (non-hydrogen) atoms. The molecule has 2 aromatic rings. The first kappa shape index (κ1) is 22.8. The van der Waals surface area contributed by atoms with Crippen LogP contribution in [0.5, 0.6) is 0 Å². The number of piperazine rings is 1. The van der Waals surface area contributed by atoms with E-state index in [0.717, 1.165) is 11.1 Å². The molecule has 3 unspecified atom stereocenters. The van der Waals surface area contributed by atoms with Crippen molar-refractivity contribution in [2.24, 2.45) is 5.92 Å². The van der Waals surface area contributed by atoms with Gasteiger partial charge in [0, 0.05) is 31.9 Å². The number of carbonyl (C=O) groups is 3. The summed E-state index contributed by atoms with van der Waals surface area (Å²) in [4.78, 5) is 43.3. The van der Waals surface area contributed by atoms with E-state index in [9.17, 15) is 14.4 Å². The first-order valence-corrected chi connectivity index (χ1v) is 11.3. The number of rotatable bonds is 4. The van der Waals surface area contributed by atoms with Gasteiger partial charge in [-0.05, 0) is 31.0 Å². The largest absolute Gasteiger partial charge is 0.469 e. The van der Waals surface area contributed by atoms with E-state index in [4.69, 9.17) is 4.74 Å². The van der Waals surface area contributed by atoms with E-state index in [0.29, 0.717) is 31.9 Å². The first-order chi connectivity index (χ1) is 16.0. The van der Waals surface area contributed by atoms with Crippen LogP contribution in [-0.2, 0) is 14.3 Å². The molecule has 4 rings (SSSR count). The Hall–Kier alpha value is -3.39. The number of amides is 3. The second-order valence-corrected chi connectivity index (χ2v) is 8.52. The fourth-order valence-electron chi connectivity index (χ4n) is 4.70. The minimum atomic E-state index is -0.761. The zero-order valence-corrected chi connectivity index (χ0v) is 19.0. The van der Waals surface area contributed by atoms with Gasteiger partial charge in [-0.1, -0.05) is 48.0 Å². The number of methoxy groups -OCH3 is 1. The molecule has 2 saturated heterocycles. The van der Waals surface area contributed by atoms with Crippen LogP contribution in [0.2, 0.25) is 0 Å². The number of ether oxygens (including phenoxy) is 1. The molecule has 2 aliphatic rings. The van der Waals surface area contributed by atoms with Gasteiger partial charge in [-0.15, -0.1) is 0 Å². The van der Waals surface area contributed by atoms with Gasteiger partial charge in [-0.25, -0.2) is 4.79 Å². The number of aryl methyl sites for hydroxylation is 1. The number of esters is 1. The summed E-state index contributed by atoms with van der Waals surface area (Å²) in [5.74, 6) is -1.20. The van der Waals surface area contributed by atoms with Crippen molar-refractivity contribution in [1.82, 2.24) is 15.1 Å². The molecular formula is C25H30N4O4. The maximum Gasteiger partial charge on any atom is 0.323 e. The number of likely N-dealkylation sites (tertiary alicyclic amines) is 1. The molecule has 0 spiro atoms. The zero-order chi connectivity index (χ0) is 23.4. The van der Waals surface area contributed by atoms with Crippen LogP contribution in [0.25, 0.3) is 0 Å². The maximum atomic E-state index is 13.6. The molecule has 2 fully saturated rings. The number of carbonyl (C=O) groups excluding carboxylic acids is 3. The maximum absolute atomic E-state index is 13.6. The van der Waals surface area contributed by atoms with Gasteiger partial charge in [0.15, 0.2) is 0 Å². The van der Waals surface area contributed by atoms with Gasteiger partial charge in [0.25, 0.3) is 0 Å². The summed E-state index contributed by atoms with van der Waals surface area (Å²) in [7, 11) is 1.34. The normalized spacial score (nSPS) is 22.7. The third kappa shape index (κ3) is 4.85. The summed E-state index contributed by atoms with van der Waals surface area (Å²) in [6.45, 7) is 4.52. The number of nitrogens with one attached hydrogen (secondary N) is 2. The molecule has 2 aromatic carbocycles. The first-order valence-electron chi connectivity index (χ1n) is 11.3. The van der Waals surface area contributed by atoms with Crippen LogP contribution in [0.3, 0.4) is 0 Å². The molecular weight excluding hydrogens is 420 g/mol. The minimum absolute atomic E-state index is 0.136. The molecule has 2 aliphatic heterocycles. The lowest BCUT2D eigenvalue weighted by Crippen LogP contribution is -2.54. The van der Waals surface area contributed by atoms with Crippen molar-refractivity contribution in [2.75, 3.05) is 38.6 Å². The third-order valence-corrected chi connectivity index (χ3v) is 6.39. The van der Waals surface area contributed by atoms with Gasteiger partial charge in [-0.3, -0.25) is 9.59 Å². The number of urea groups is 1. The Labute approximate surface area is 193 Å². The van der Waals surface area contributed by atoms with E-state index in [-0.39, 0.29) is 12.3 Å². The predicted molar refractivity (Wildman–Crippen MR) is 125 cm³/mol. The Kier molecular flexibility index (Phi) is 6.93. The van der Waals surface area contributed by atoms with Gasteiger partial charge < -0.3 is 25.2 Å². The fourth-order valence-corrected chi connectivity index (χ4v) is 4.70. The Morgan fingerprint density at radius 1 is 1.00 bits per heavy atom. The van der Waals surface area contributed by atoms with Crippen LogP contribution < -0.4 is 10.6 Å². The minimum Gasteiger partial charge on any atom is -0.469 e. The summed E-state index contributed by atoms with van der Waals surface area (Å²) in [6, 6.07) is 15.1. The Morgan fingerprint density at radius 3 is 2.30 bits per heavy atom. The van der Waals surface area contributed by atoms with Crippen LogP contribution in [0.1, 0.15) is 23.6 Å². The molecule has 2 heterocycles. The second kappa shape index (κ2) is 10.0.